The lowest BCUT2D eigenvalue weighted by atomic mass is 9.79. The van der Waals surface area contributed by atoms with Crippen molar-refractivity contribution in [1.82, 2.24) is 15.2 Å². The first kappa shape index (κ1) is 14.9. The van der Waals surface area contributed by atoms with Crippen LogP contribution in [-0.2, 0) is 5.41 Å². The molecule has 1 amide bonds. The Labute approximate surface area is 137 Å². The number of ether oxygens (including phenoxy) is 1. The van der Waals surface area contributed by atoms with Gasteiger partial charge in [-0.2, -0.15) is 0 Å². The van der Waals surface area contributed by atoms with Gasteiger partial charge in [0.05, 0.1) is 12.8 Å². The molecule has 2 bridgehead atoms. The molecule has 0 spiro atoms. The van der Waals surface area contributed by atoms with Crippen LogP contribution in [0.15, 0.2) is 12.3 Å². The molecule has 124 valence electrons. The number of nitrogens with one attached hydrogen (secondary N) is 1. The Morgan fingerprint density at radius 2 is 2.13 bits per heavy atom. The summed E-state index contributed by atoms with van der Waals surface area (Å²) >= 11 is 0. The highest BCUT2D eigenvalue weighted by Gasteiger charge is 2.41. The third-order valence-electron chi connectivity index (χ3n) is 5.89. The summed E-state index contributed by atoms with van der Waals surface area (Å²) < 4.78 is 5.65. The summed E-state index contributed by atoms with van der Waals surface area (Å²) in [5, 5.41) is 3.25. The maximum atomic E-state index is 12.7. The molecule has 2 atom stereocenters. The van der Waals surface area contributed by atoms with Crippen LogP contribution >= 0.6 is 0 Å². The highest BCUT2D eigenvalue weighted by molar-refractivity contribution is 5.93. The summed E-state index contributed by atoms with van der Waals surface area (Å²) in [7, 11) is 0. The Bertz CT molecular complexity index is 633. The van der Waals surface area contributed by atoms with Crippen molar-refractivity contribution in [1.29, 1.82) is 0 Å². The van der Waals surface area contributed by atoms with Gasteiger partial charge in [-0.25, -0.2) is 4.98 Å². The molecular formula is C18H25N3O2. The fourth-order valence-corrected chi connectivity index (χ4v) is 4.32. The van der Waals surface area contributed by atoms with Gasteiger partial charge >= 0.3 is 0 Å². The van der Waals surface area contributed by atoms with Crippen molar-refractivity contribution in [2.75, 3.05) is 19.7 Å². The molecule has 1 aromatic heterocycles. The number of carbonyl (C=O) groups is 1. The second kappa shape index (κ2) is 5.20. The van der Waals surface area contributed by atoms with E-state index in [-0.39, 0.29) is 17.4 Å². The smallest absolute Gasteiger partial charge is 0.270 e. The zero-order valence-electron chi connectivity index (χ0n) is 14.1. The van der Waals surface area contributed by atoms with E-state index >= 15 is 0 Å². The molecule has 0 unspecified atom stereocenters. The minimum atomic E-state index is -0.0593. The number of hydrogen-bond acceptors (Lipinski definition) is 4. The Balaban J connectivity index is 1.54. The van der Waals surface area contributed by atoms with E-state index in [0.717, 1.165) is 11.3 Å². The molecule has 5 heterocycles. The van der Waals surface area contributed by atoms with Crippen molar-refractivity contribution < 1.29 is 9.53 Å². The molecule has 1 N–H and O–H groups in total. The van der Waals surface area contributed by atoms with Crippen molar-refractivity contribution in [2.24, 2.45) is 5.92 Å². The maximum Gasteiger partial charge on any atom is 0.270 e. The molecule has 5 heteroatoms. The quantitative estimate of drug-likeness (QED) is 0.906. The van der Waals surface area contributed by atoms with Gasteiger partial charge in [-0.05, 0) is 44.8 Å². The third kappa shape index (κ3) is 2.42. The van der Waals surface area contributed by atoms with E-state index in [1.165, 1.54) is 25.9 Å². The fourth-order valence-electron chi connectivity index (χ4n) is 4.32. The van der Waals surface area contributed by atoms with Crippen LogP contribution in [0.1, 0.15) is 49.7 Å². The van der Waals surface area contributed by atoms with Gasteiger partial charge < -0.3 is 10.1 Å². The van der Waals surface area contributed by atoms with E-state index in [1.807, 2.05) is 6.07 Å². The molecule has 3 saturated heterocycles. The van der Waals surface area contributed by atoms with E-state index in [9.17, 15) is 4.79 Å². The number of piperidine rings is 3. The number of hydrogen-bond donors (Lipinski definition) is 1. The molecule has 0 saturated carbocycles. The van der Waals surface area contributed by atoms with E-state index in [4.69, 9.17) is 4.74 Å². The molecule has 0 radical (unpaired) electrons. The minimum Gasteiger partial charge on any atom is -0.491 e. The lowest BCUT2D eigenvalue weighted by Crippen LogP contribution is -2.62. The summed E-state index contributed by atoms with van der Waals surface area (Å²) in [6.07, 6.45) is 4.07. The average Bonchev–Trinajstić information content (AvgIpc) is 2.86. The summed E-state index contributed by atoms with van der Waals surface area (Å²) in [5.74, 6) is 1.36. The van der Waals surface area contributed by atoms with Gasteiger partial charge in [0.25, 0.3) is 5.91 Å². The van der Waals surface area contributed by atoms with Gasteiger partial charge in [0.2, 0.25) is 0 Å². The molecule has 0 aliphatic carbocycles. The summed E-state index contributed by atoms with van der Waals surface area (Å²) in [6.45, 7) is 9.47. The Morgan fingerprint density at radius 1 is 1.39 bits per heavy atom. The van der Waals surface area contributed by atoms with E-state index in [1.54, 1.807) is 6.20 Å². The number of carbonyl (C=O) groups excluding carboxylic acids is 1. The molecule has 4 aliphatic rings. The van der Waals surface area contributed by atoms with Crippen LogP contribution in [0.4, 0.5) is 0 Å². The van der Waals surface area contributed by atoms with Crippen LogP contribution in [-0.4, -0.2) is 47.6 Å². The number of rotatable bonds is 2. The van der Waals surface area contributed by atoms with Crippen LogP contribution in [0.25, 0.3) is 0 Å². The molecule has 3 fully saturated rings. The Hall–Kier alpha value is -1.62. The van der Waals surface area contributed by atoms with E-state index < -0.39 is 0 Å². The van der Waals surface area contributed by atoms with Crippen LogP contribution in [0.3, 0.4) is 0 Å². The number of nitrogens with zero attached hydrogens (tertiary/aromatic N) is 2. The van der Waals surface area contributed by atoms with Gasteiger partial charge in [-0.1, -0.05) is 13.8 Å². The first-order valence-electron chi connectivity index (χ1n) is 8.64. The predicted molar refractivity (Wildman–Crippen MR) is 87.8 cm³/mol. The zero-order valence-corrected chi connectivity index (χ0v) is 14.1. The highest BCUT2D eigenvalue weighted by atomic mass is 16.5. The number of amides is 1. The van der Waals surface area contributed by atoms with Crippen molar-refractivity contribution >= 4 is 5.91 Å². The first-order chi connectivity index (χ1) is 11.0. The Kier molecular flexibility index (Phi) is 3.38. The summed E-state index contributed by atoms with van der Waals surface area (Å²) in [4.78, 5) is 19.5. The monoisotopic (exact) mass is 315 g/mol. The van der Waals surface area contributed by atoms with Crippen molar-refractivity contribution in [2.45, 2.75) is 51.1 Å². The standard InChI is InChI=1S/C18H25N3O2/c1-11-16(12-4-6-21(11)7-5-12)20-17(22)14-8-13-15(9-19-14)23-10-18(13,2)3/h8-9,11-12,16H,4-7,10H2,1-3H3,(H,20,22)/t11-,16-/m0/s1. The van der Waals surface area contributed by atoms with Crippen LogP contribution in [0.2, 0.25) is 0 Å². The van der Waals surface area contributed by atoms with Gasteiger partial charge in [0, 0.05) is 23.1 Å². The lowest BCUT2D eigenvalue weighted by Gasteiger charge is -2.49. The van der Waals surface area contributed by atoms with E-state index in [0.29, 0.717) is 24.3 Å². The molecular weight excluding hydrogens is 290 g/mol. The van der Waals surface area contributed by atoms with Gasteiger partial charge in [0.1, 0.15) is 11.4 Å². The van der Waals surface area contributed by atoms with Gasteiger partial charge in [-0.3, -0.25) is 9.69 Å². The molecule has 1 aromatic rings. The summed E-state index contributed by atoms with van der Waals surface area (Å²) in [6, 6.07) is 2.56. The van der Waals surface area contributed by atoms with Crippen LogP contribution in [0, 0.1) is 5.92 Å². The summed E-state index contributed by atoms with van der Waals surface area (Å²) in [5.41, 5.74) is 1.53. The normalized spacial score (nSPS) is 33.9. The van der Waals surface area contributed by atoms with Crippen LogP contribution < -0.4 is 10.1 Å². The number of pyridine rings is 1. The molecule has 5 rings (SSSR count). The predicted octanol–water partition coefficient (Wildman–Crippen LogP) is 1.96. The third-order valence-corrected chi connectivity index (χ3v) is 5.89. The number of aromatic nitrogens is 1. The van der Waals surface area contributed by atoms with E-state index in [2.05, 4.69) is 36.0 Å². The zero-order chi connectivity index (χ0) is 16.2. The van der Waals surface area contributed by atoms with Crippen molar-refractivity contribution in [3.63, 3.8) is 0 Å². The molecule has 5 nitrogen and oxygen atoms in total. The second-order valence-corrected chi connectivity index (χ2v) is 7.85. The van der Waals surface area contributed by atoms with Gasteiger partial charge in [0.15, 0.2) is 0 Å². The first-order valence-corrected chi connectivity index (χ1v) is 8.64. The molecule has 0 aromatic carbocycles. The van der Waals surface area contributed by atoms with Crippen molar-refractivity contribution in [3.05, 3.63) is 23.5 Å². The Morgan fingerprint density at radius 3 is 2.83 bits per heavy atom. The van der Waals surface area contributed by atoms with Gasteiger partial charge in [-0.15, -0.1) is 0 Å². The SMILES string of the molecule is C[C@H]1[C@H](NC(=O)c2cc3c(cn2)OCC3(C)C)C2CCN1CC2. The average molecular weight is 315 g/mol. The molecule has 23 heavy (non-hydrogen) atoms. The maximum absolute atomic E-state index is 12.7. The largest absolute Gasteiger partial charge is 0.491 e. The topological polar surface area (TPSA) is 54.5 Å². The van der Waals surface area contributed by atoms with Crippen molar-refractivity contribution in [3.8, 4) is 5.75 Å². The number of fused-ring (bicyclic) bond motifs is 4. The highest BCUT2D eigenvalue weighted by Crippen LogP contribution is 2.38. The second-order valence-electron chi connectivity index (χ2n) is 7.85. The fraction of sp³-hybridized carbons (Fsp3) is 0.667. The van der Waals surface area contributed by atoms with Crippen LogP contribution in [0.5, 0.6) is 5.75 Å². The molecule has 4 aliphatic heterocycles. The minimum absolute atomic E-state index is 0.0545. The lowest BCUT2D eigenvalue weighted by molar-refractivity contribution is 0.0216.